The van der Waals surface area contributed by atoms with E-state index in [2.05, 4.69) is 4.72 Å². The number of hydrogen-bond acceptors (Lipinski definition) is 3. The first kappa shape index (κ1) is 14.1. The van der Waals surface area contributed by atoms with Crippen LogP contribution in [0, 0.1) is 0 Å². The second kappa shape index (κ2) is 5.77. The van der Waals surface area contributed by atoms with Gasteiger partial charge >= 0.3 is 0 Å². The van der Waals surface area contributed by atoms with Gasteiger partial charge in [0.15, 0.2) is 0 Å². The van der Waals surface area contributed by atoms with E-state index >= 15 is 0 Å². The zero-order valence-electron chi connectivity index (χ0n) is 10.4. The van der Waals surface area contributed by atoms with Crippen molar-refractivity contribution in [3.8, 4) is 5.75 Å². The van der Waals surface area contributed by atoms with Gasteiger partial charge in [0.25, 0.3) is 0 Å². The van der Waals surface area contributed by atoms with Crippen LogP contribution in [0.1, 0.15) is 5.56 Å². The highest BCUT2D eigenvalue weighted by Gasteiger charge is 2.07. The lowest BCUT2D eigenvalue weighted by molar-refractivity contribution is 0.415. The molecule has 102 valence electrons. The van der Waals surface area contributed by atoms with Crippen molar-refractivity contribution in [1.82, 2.24) is 4.72 Å². The van der Waals surface area contributed by atoms with Gasteiger partial charge in [-0.2, -0.15) is 0 Å². The molecular weight excluding hydrogens is 286 g/mol. The molecule has 2 aromatic rings. The van der Waals surface area contributed by atoms with E-state index < -0.39 is 15.2 Å². The SMILES string of the molecule is COc1ccc2cc(CNS(=O)(=O)CCl)ccc2c1. The molecule has 0 amide bonds. The number of ether oxygens (including phenoxy) is 1. The summed E-state index contributed by atoms with van der Waals surface area (Å²) in [6.45, 7) is 0.233. The molecule has 0 aliphatic rings. The van der Waals surface area contributed by atoms with E-state index in [1.54, 1.807) is 7.11 Å². The fourth-order valence-electron chi connectivity index (χ4n) is 1.74. The molecular formula is C13H14ClNO3S. The van der Waals surface area contributed by atoms with Gasteiger partial charge in [-0.25, -0.2) is 13.1 Å². The molecule has 6 heteroatoms. The summed E-state index contributed by atoms with van der Waals surface area (Å²) < 4.78 is 30.1. The van der Waals surface area contributed by atoms with Crippen LogP contribution in [0.4, 0.5) is 0 Å². The summed E-state index contributed by atoms with van der Waals surface area (Å²) in [7, 11) is -1.76. The summed E-state index contributed by atoms with van der Waals surface area (Å²) >= 11 is 5.32. The Morgan fingerprint density at radius 1 is 1.16 bits per heavy atom. The van der Waals surface area contributed by atoms with Crippen molar-refractivity contribution < 1.29 is 13.2 Å². The molecule has 0 fully saturated rings. The molecule has 0 spiro atoms. The second-order valence-electron chi connectivity index (χ2n) is 4.09. The summed E-state index contributed by atoms with van der Waals surface area (Å²) in [6.07, 6.45) is 0. The summed E-state index contributed by atoms with van der Waals surface area (Å²) in [5.74, 6) is 0.795. The topological polar surface area (TPSA) is 55.4 Å². The van der Waals surface area contributed by atoms with Crippen LogP contribution in [0.25, 0.3) is 10.8 Å². The summed E-state index contributed by atoms with van der Waals surface area (Å²) in [5.41, 5.74) is 0.881. The highest BCUT2D eigenvalue weighted by molar-refractivity contribution is 7.90. The average molecular weight is 300 g/mol. The smallest absolute Gasteiger partial charge is 0.225 e. The molecule has 0 saturated heterocycles. The molecule has 4 nitrogen and oxygen atoms in total. The number of nitrogens with one attached hydrogen (secondary N) is 1. The van der Waals surface area contributed by atoms with Gasteiger partial charge in [0, 0.05) is 6.54 Å². The Kier molecular flexibility index (Phi) is 4.29. The molecule has 0 bridgehead atoms. The van der Waals surface area contributed by atoms with Gasteiger partial charge in [-0.3, -0.25) is 0 Å². The monoisotopic (exact) mass is 299 g/mol. The van der Waals surface area contributed by atoms with E-state index in [9.17, 15) is 8.42 Å². The van der Waals surface area contributed by atoms with Gasteiger partial charge in [0.05, 0.1) is 7.11 Å². The lowest BCUT2D eigenvalue weighted by atomic mass is 10.1. The minimum atomic E-state index is -3.39. The van der Waals surface area contributed by atoms with Crippen LogP contribution in [0.5, 0.6) is 5.75 Å². The first-order valence-corrected chi connectivity index (χ1v) is 7.83. The summed E-state index contributed by atoms with van der Waals surface area (Å²) in [5, 5.41) is 1.64. The highest BCUT2D eigenvalue weighted by Crippen LogP contribution is 2.21. The van der Waals surface area contributed by atoms with Crippen molar-refractivity contribution in [3.05, 3.63) is 42.0 Å². The number of methoxy groups -OCH3 is 1. The van der Waals surface area contributed by atoms with Crippen molar-refractivity contribution >= 4 is 32.4 Å². The van der Waals surface area contributed by atoms with Crippen LogP contribution in [-0.2, 0) is 16.6 Å². The van der Waals surface area contributed by atoms with Crippen LogP contribution < -0.4 is 9.46 Å². The van der Waals surface area contributed by atoms with Crippen molar-refractivity contribution in [2.75, 3.05) is 12.3 Å². The maximum atomic E-state index is 11.3. The molecule has 19 heavy (non-hydrogen) atoms. The zero-order chi connectivity index (χ0) is 13.9. The van der Waals surface area contributed by atoms with Crippen LogP contribution in [0.2, 0.25) is 0 Å². The van der Waals surface area contributed by atoms with Gasteiger partial charge in [0.2, 0.25) is 10.0 Å². The largest absolute Gasteiger partial charge is 0.497 e. The number of sulfonamides is 1. The minimum Gasteiger partial charge on any atom is -0.497 e. The van der Waals surface area contributed by atoms with Crippen molar-refractivity contribution in [2.24, 2.45) is 0 Å². The predicted octanol–water partition coefficient (Wildman–Crippen LogP) is 2.46. The van der Waals surface area contributed by atoms with Crippen LogP contribution in [0.3, 0.4) is 0 Å². The van der Waals surface area contributed by atoms with Crippen LogP contribution in [0.15, 0.2) is 36.4 Å². The molecule has 0 aliphatic carbocycles. The number of benzene rings is 2. The number of rotatable bonds is 5. The molecule has 2 aromatic carbocycles. The van der Waals surface area contributed by atoms with Crippen molar-refractivity contribution in [2.45, 2.75) is 6.54 Å². The number of alkyl halides is 1. The van der Waals surface area contributed by atoms with Crippen LogP contribution >= 0.6 is 11.6 Å². The fraction of sp³-hybridized carbons (Fsp3) is 0.231. The molecule has 0 aliphatic heterocycles. The zero-order valence-corrected chi connectivity index (χ0v) is 12.0. The Morgan fingerprint density at radius 3 is 2.53 bits per heavy atom. The second-order valence-corrected chi connectivity index (χ2v) is 6.48. The average Bonchev–Trinajstić information content (AvgIpc) is 2.44. The molecule has 2 rings (SSSR count). The van der Waals surface area contributed by atoms with E-state index in [4.69, 9.17) is 16.3 Å². The Labute approximate surface area is 117 Å². The summed E-state index contributed by atoms with van der Waals surface area (Å²) in [4.78, 5) is 0. The Bertz CT molecular complexity index is 685. The van der Waals surface area contributed by atoms with Gasteiger partial charge in [-0.05, 0) is 34.5 Å². The van der Waals surface area contributed by atoms with Gasteiger partial charge in [-0.1, -0.05) is 18.2 Å². The Morgan fingerprint density at radius 2 is 1.84 bits per heavy atom. The molecule has 0 atom stereocenters. The molecule has 0 aromatic heterocycles. The highest BCUT2D eigenvalue weighted by atomic mass is 35.5. The van der Waals surface area contributed by atoms with E-state index in [1.807, 2.05) is 36.4 Å². The van der Waals surface area contributed by atoms with Crippen molar-refractivity contribution in [1.29, 1.82) is 0 Å². The number of hydrogen-bond donors (Lipinski definition) is 1. The van der Waals surface area contributed by atoms with Crippen molar-refractivity contribution in [3.63, 3.8) is 0 Å². The maximum absolute atomic E-state index is 11.3. The third-order valence-corrected chi connectivity index (χ3v) is 4.48. The first-order chi connectivity index (χ1) is 9.04. The van der Waals surface area contributed by atoms with E-state index in [1.165, 1.54) is 0 Å². The standard InChI is InChI=1S/C13H14ClNO3S/c1-18-13-5-4-11-6-10(2-3-12(11)7-13)8-15-19(16,17)9-14/h2-7,15H,8-9H2,1H3. The number of fused-ring (bicyclic) bond motifs is 1. The van der Waals surface area contributed by atoms with Gasteiger partial charge in [-0.15, -0.1) is 11.6 Å². The van der Waals surface area contributed by atoms with Gasteiger partial charge < -0.3 is 4.74 Å². The third-order valence-electron chi connectivity index (χ3n) is 2.75. The lowest BCUT2D eigenvalue weighted by Gasteiger charge is -2.07. The van der Waals surface area contributed by atoms with E-state index in [-0.39, 0.29) is 6.54 Å². The number of halogens is 1. The fourth-order valence-corrected chi connectivity index (χ4v) is 2.44. The normalized spacial score (nSPS) is 11.7. The molecule has 0 unspecified atom stereocenters. The quantitative estimate of drug-likeness (QED) is 0.863. The predicted molar refractivity (Wildman–Crippen MR) is 77.0 cm³/mol. The molecule has 0 saturated carbocycles. The van der Waals surface area contributed by atoms with Crippen LogP contribution in [-0.4, -0.2) is 20.7 Å². The van der Waals surface area contributed by atoms with E-state index in [0.717, 1.165) is 22.1 Å². The molecule has 1 N–H and O–H groups in total. The molecule has 0 heterocycles. The third kappa shape index (κ3) is 3.59. The lowest BCUT2D eigenvalue weighted by Crippen LogP contribution is -2.23. The van der Waals surface area contributed by atoms with E-state index in [0.29, 0.717) is 0 Å². The Balaban J connectivity index is 2.22. The summed E-state index contributed by atoms with van der Waals surface area (Å²) in [6, 6.07) is 11.5. The maximum Gasteiger partial charge on any atom is 0.225 e. The minimum absolute atomic E-state index is 0.233. The van der Waals surface area contributed by atoms with Gasteiger partial charge in [0.1, 0.15) is 11.0 Å². The first-order valence-electron chi connectivity index (χ1n) is 5.64. The Hall–Kier alpha value is -1.30. The molecule has 0 radical (unpaired) electrons.